The van der Waals surface area contributed by atoms with Crippen molar-refractivity contribution in [2.75, 3.05) is 27.7 Å². The van der Waals surface area contributed by atoms with E-state index < -0.39 is 83.7 Å². The highest BCUT2D eigenvalue weighted by Gasteiger charge is 2.51. The first-order valence-electron chi connectivity index (χ1n) is 21.3. The zero-order chi connectivity index (χ0) is 42.5. The number of rotatable bonds is 10. The SMILES string of the molecule is CC[C@H]1OC(=O)[C@H](C)[C@@H](O[C@H]2C[C@@](C)(OC)C[C@H](C)O2)[C@H](C)[C@@H](O[C@@H]2O[C@H](C)CC[C@H]2Oc2ccccc2CNC)[C@](C)(O)C[C@@H](C)CN(C)[C@H](C)[C@@H](O)[C@]1(C)O. The number of para-hydroxylation sites is 1. The van der Waals surface area contributed by atoms with Crippen LogP contribution >= 0.6 is 0 Å². The summed E-state index contributed by atoms with van der Waals surface area (Å²) in [6.07, 6.45) is -3.49. The second kappa shape index (κ2) is 20.1. The van der Waals surface area contributed by atoms with E-state index in [1.165, 1.54) is 6.92 Å². The van der Waals surface area contributed by atoms with Crippen LogP contribution in [0.1, 0.15) is 113 Å². The number of carbonyl (C=O) groups excluding carboxylic acids is 1. The fourth-order valence-corrected chi connectivity index (χ4v) is 9.41. The first kappa shape index (κ1) is 47.8. The quantitative estimate of drug-likeness (QED) is 0.229. The summed E-state index contributed by atoms with van der Waals surface area (Å²) in [5.74, 6) is -1.55. The van der Waals surface area contributed by atoms with Crippen molar-refractivity contribution in [2.24, 2.45) is 17.8 Å². The largest absolute Gasteiger partial charge is 0.485 e. The fourth-order valence-electron chi connectivity index (χ4n) is 9.41. The molecule has 4 rings (SSSR count). The molecule has 328 valence electrons. The summed E-state index contributed by atoms with van der Waals surface area (Å²) in [5.41, 5.74) is -2.78. The number of carbonyl (C=O) groups is 1. The van der Waals surface area contributed by atoms with Crippen molar-refractivity contribution in [1.29, 1.82) is 0 Å². The average molecular weight is 809 g/mol. The molecule has 3 fully saturated rings. The molecule has 3 heterocycles. The Morgan fingerprint density at radius 3 is 2.28 bits per heavy atom. The van der Waals surface area contributed by atoms with Gasteiger partial charge in [-0.25, -0.2) is 0 Å². The van der Waals surface area contributed by atoms with Gasteiger partial charge < -0.3 is 58.7 Å². The van der Waals surface area contributed by atoms with Gasteiger partial charge in [0.05, 0.1) is 41.5 Å². The Labute approximate surface area is 342 Å². The molecule has 0 amide bonds. The van der Waals surface area contributed by atoms with Crippen molar-refractivity contribution in [1.82, 2.24) is 10.2 Å². The lowest BCUT2D eigenvalue weighted by atomic mass is 9.77. The summed E-state index contributed by atoms with van der Waals surface area (Å²) in [4.78, 5) is 16.3. The number of hydrogen-bond donors (Lipinski definition) is 4. The van der Waals surface area contributed by atoms with Gasteiger partial charge in [0, 0.05) is 50.6 Å². The highest BCUT2D eigenvalue weighted by atomic mass is 16.7. The van der Waals surface area contributed by atoms with Crippen molar-refractivity contribution in [2.45, 2.75) is 192 Å². The molecule has 3 aliphatic heterocycles. The van der Waals surface area contributed by atoms with Crippen molar-refractivity contribution < 1.29 is 53.3 Å². The molecule has 0 radical (unpaired) electrons. The molecule has 0 aromatic heterocycles. The van der Waals surface area contributed by atoms with Crippen LogP contribution in [0, 0.1) is 17.8 Å². The van der Waals surface area contributed by atoms with E-state index in [4.69, 9.17) is 33.2 Å². The van der Waals surface area contributed by atoms with Crippen LogP contribution in [-0.4, -0.2) is 132 Å². The van der Waals surface area contributed by atoms with E-state index in [9.17, 15) is 20.1 Å². The van der Waals surface area contributed by atoms with E-state index in [1.54, 1.807) is 21.0 Å². The molecule has 3 aliphatic rings. The Balaban J connectivity index is 1.82. The maximum atomic E-state index is 14.4. The lowest BCUT2D eigenvalue weighted by Gasteiger charge is -2.47. The van der Waals surface area contributed by atoms with E-state index in [2.05, 4.69) is 5.32 Å². The minimum atomic E-state index is -1.77. The standard InChI is InChI=1S/C44H76N2O11/c1-14-35-44(10,50)38(47)31(7)46(12)25-26(2)21-43(9,49)39(57-41-34(20-19-27(3)53-41)54-33-18-16-15-17-32(33)24-45-11)29(5)37(30(6)40(48)55-35)56-36-23-42(8,51-13)22-28(4)52-36/h15-18,26-31,34-39,41,45,47,49-50H,14,19-25H2,1-13H3/t26-,27-,28+,29+,30-,31-,34-,35-,36+,37+,38-,39-,41+,42+,43-,44-/m1/s1. The fraction of sp³-hybridized carbons (Fsp3) is 0.841. The number of likely N-dealkylation sites (N-methyl/N-ethyl adjacent to an activating group) is 1. The van der Waals surface area contributed by atoms with E-state index in [1.807, 2.05) is 91.7 Å². The third-order valence-electron chi connectivity index (χ3n) is 12.8. The summed E-state index contributed by atoms with van der Waals surface area (Å²) < 4.78 is 45.6. The maximum Gasteiger partial charge on any atom is 0.311 e. The van der Waals surface area contributed by atoms with Crippen LogP contribution in [-0.2, 0) is 39.8 Å². The number of cyclic esters (lactones) is 1. The molecular formula is C44H76N2O11. The molecule has 57 heavy (non-hydrogen) atoms. The number of methoxy groups -OCH3 is 1. The Kier molecular flexibility index (Phi) is 16.8. The van der Waals surface area contributed by atoms with Crippen LogP contribution in [0.5, 0.6) is 5.75 Å². The Bertz CT molecular complexity index is 1410. The highest BCUT2D eigenvalue weighted by molar-refractivity contribution is 5.73. The summed E-state index contributed by atoms with van der Waals surface area (Å²) in [5, 5.41) is 39.4. The minimum absolute atomic E-state index is 0.0960. The summed E-state index contributed by atoms with van der Waals surface area (Å²) in [7, 11) is 5.45. The number of aliphatic hydroxyl groups is 3. The number of aliphatic hydroxyl groups excluding tert-OH is 1. The molecule has 0 aliphatic carbocycles. The van der Waals surface area contributed by atoms with Gasteiger partial charge in [0.25, 0.3) is 0 Å². The molecule has 0 bridgehead atoms. The van der Waals surface area contributed by atoms with Gasteiger partial charge in [-0.1, -0.05) is 39.0 Å². The van der Waals surface area contributed by atoms with Gasteiger partial charge in [-0.15, -0.1) is 0 Å². The summed E-state index contributed by atoms with van der Waals surface area (Å²) in [6.45, 7) is 19.8. The van der Waals surface area contributed by atoms with Crippen molar-refractivity contribution in [3.63, 3.8) is 0 Å². The number of nitrogens with one attached hydrogen (secondary N) is 1. The molecule has 0 unspecified atom stereocenters. The Hall–Kier alpha value is -1.91. The summed E-state index contributed by atoms with van der Waals surface area (Å²) >= 11 is 0. The van der Waals surface area contributed by atoms with Crippen LogP contribution < -0.4 is 10.1 Å². The molecule has 1 aromatic carbocycles. The van der Waals surface area contributed by atoms with Gasteiger partial charge in [-0.05, 0) is 100 Å². The topological polar surface area (TPSA) is 158 Å². The third-order valence-corrected chi connectivity index (χ3v) is 12.8. The Morgan fingerprint density at radius 2 is 1.63 bits per heavy atom. The second-order valence-electron chi connectivity index (χ2n) is 18.3. The zero-order valence-corrected chi connectivity index (χ0v) is 37.0. The molecule has 0 saturated carbocycles. The van der Waals surface area contributed by atoms with E-state index >= 15 is 0 Å². The smallest absolute Gasteiger partial charge is 0.311 e. The minimum Gasteiger partial charge on any atom is -0.485 e. The average Bonchev–Trinajstić information content (AvgIpc) is 3.14. The molecule has 16 atom stereocenters. The number of esters is 1. The lowest BCUT2D eigenvalue weighted by Crippen LogP contribution is -2.59. The monoisotopic (exact) mass is 809 g/mol. The van der Waals surface area contributed by atoms with Crippen molar-refractivity contribution in [3.8, 4) is 5.75 Å². The van der Waals surface area contributed by atoms with Crippen LogP contribution in [0.25, 0.3) is 0 Å². The first-order valence-corrected chi connectivity index (χ1v) is 21.3. The number of benzene rings is 1. The Morgan fingerprint density at radius 1 is 0.947 bits per heavy atom. The van der Waals surface area contributed by atoms with Gasteiger partial charge in [0.15, 0.2) is 12.6 Å². The molecule has 13 heteroatoms. The molecular weight excluding hydrogens is 732 g/mol. The van der Waals surface area contributed by atoms with Gasteiger partial charge in [0.1, 0.15) is 29.7 Å². The van der Waals surface area contributed by atoms with Crippen LogP contribution in [0.3, 0.4) is 0 Å². The molecule has 3 saturated heterocycles. The summed E-state index contributed by atoms with van der Waals surface area (Å²) in [6, 6.07) is 7.37. The predicted molar refractivity (Wildman–Crippen MR) is 218 cm³/mol. The second-order valence-corrected chi connectivity index (χ2v) is 18.3. The first-order chi connectivity index (χ1) is 26.7. The number of ether oxygens (including phenoxy) is 7. The lowest BCUT2D eigenvalue weighted by molar-refractivity contribution is -0.301. The molecule has 1 aromatic rings. The molecule has 0 spiro atoms. The maximum absolute atomic E-state index is 14.4. The zero-order valence-electron chi connectivity index (χ0n) is 37.0. The normalized spacial score (nSPS) is 43.4. The van der Waals surface area contributed by atoms with Crippen LogP contribution in [0.15, 0.2) is 24.3 Å². The van der Waals surface area contributed by atoms with Crippen molar-refractivity contribution >= 4 is 5.97 Å². The van der Waals surface area contributed by atoms with E-state index in [0.717, 1.165) is 17.7 Å². The van der Waals surface area contributed by atoms with Crippen LogP contribution in [0.4, 0.5) is 0 Å². The van der Waals surface area contributed by atoms with E-state index in [0.29, 0.717) is 38.8 Å². The third kappa shape index (κ3) is 11.9. The van der Waals surface area contributed by atoms with Gasteiger partial charge in [-0.2, -0.15) is 0 Å². The molecule has 4 N–H and O–H groups in total. The van der Waals surface area contributed by atoms with Gasteiger partial charge >= 0.3 is 5.97 Å². The van der Waals surface area contributed by atoms with Gasteiger partial charge in [-0.3, -0.25) is 4.79 Å². The highest BCUT2D eigenvalue weighted by Crippen LogP contribution is 2.40. The number of hydrogen-bond acceptors (Lipinski definition) is 13. The van der Waals surface area contributed by atoms with E-state index in [-0.39, 0.29) is 24.5 Å². The van der Waals surface area contributed by atoms with Crippen molar-refractivity contribution in [3.05, 3.63) is 29.8 Å². The van der Waals surface area contributed by atoms with Crippen LogP contribution in [0.2, 0.25) is 0 Å². The van der Waals surface area contributed by atoms with Gasteiger partial charge in [0.2, 0.25) is 0 Å². The molecule has 13 nitrogen and oxygen atoms in total. The predicted octanol–water partition coefficient (Wildman–Crippen LogP) is 5.20. The number of nitrogens with zero attached hydrogens (tertiary/aromatic N) is 1.